The molecular formula is C22H21N3O. The number of amides is 1. The van der Waals surface area contributed by atoms with Crippen LogP contribution >= 0.6 is 0 Å². The first kappa shape index (κ1) is 16.2. The summed E-state index contributed by atoms with van der Waals surface area (Å²) >= 11 is 0. The highest BCUT2D eigenvalue weighted by Gasteiger charge is 2.33. The maximum absolute atomic E-state index is 13.3. The van der Waals surface area contributed by atoms with Crippen molar-refractivity contribution < 1.29 is 4.79 Å². The monoisotopic (exact) mass is 343 g/mol. The van der Waals surface area contributed by atoms with E-state index < -0.39 is 0 Å². The number of rotatable bonds is 3. The van der Waals surface area contributed by atoms with Crippen LogP contribution in [0.25, 0.3) is 0 Å². The number of nitrogens with one attached hydrogen (secondary N) is 1. The van der Waals surface area contributed by atoms with Crippen molar-refractivity contribution >= 4 is 23.0 Å². The first-order valence-corrected chi connectivity index (χ1v) is 8.66. The number of hydrogen-bond donors (Lipinski definition) is 1. The molecular weight excluding hydrogens is 322 g/mol. The van der Waals surface area contributed by atoms with Crippen molar-refractivity contribution in [2.45, 2.75) is 6.17 Å². The summed E-state index contributed by atoms with van der Waals surface area (Å²) in [6, 6.07) is 25.8. The molecule has 1 amide bonds. The van der Waals surface area contributed by atoms with Crippen LogP contribution in [-0.2, 0) is 0 Å². The van der Waals surface area contributed by atoms with Gasteiger partial charge in [-0.1, -0.05) is 42.5 Å². The maximum Gasteiger partial charge on any atom is 0.262 e. The number of anilines is 3. The number of fused-ring (bicyclic) bond motifs is 1. The van der Waals surface area contributed by atoms with Gasteiger partial charge in [0.15, 0.2) is 0 Å². The van der Waals surface area contributed by atoms with Gasteiger partial charge >= 0.3 is 0 Å². The molecule has 4 nitrogen and oxygen atoms in total. The number of benzene rings is 3. The molecule has 1 atom stereocenters. The molecule has 0 bridgehead atoms. The third kappa shape index (κ3) is 2.80. The normalized spacial score (nSPS) is 16.0. The van der Waals surface area contributed by atoms with Gasteiger partial charge in [-0.25, -0.2) is 0 Å². The largest absolute Gasteiger partial charge is 0.378 e. The molecule has 1 heterocycles. The van der Waals surface area contributed by atoms with Gasteiger partial charge in [-0.15, -0.1) is 0 Å². The average Bonchev–Trinajstić information content (AvgIpc) is 2.68. The average molecular weight is 343 g/mol. The van der Waals surface area contributed by atoms with E-state index in [0.29, 0.717) is 5.56 Å². The molecule has 0 spiro atoms. The lowest BCUT2D eigenvalue weighted by molar-refractivity contribution is 0.0975. The number of hydrogen-bond acceptors (Lipinski definition) is 3. The van der Waals surface area contributed by atoms with Gasteiger partial charge < -0.3 is 10.2 Å². The van der Waals surface area contributed by atoms with Gasteiger partial charge in [0.05, 0.1) is 5.56 Å². The number of para-hydroxylation sites is 2. The molecule has 4 heteroatoms. The van der Waals surface area contributed by atoms with Crippen LogP contribution in [0.2, 0.25) is 0 Å². The summed E-state index contributed by atoms with van der Waals surface area (Å²) in [5.41, 5.74) is 4.61. The van der Waals surface area contributed by atoms with Gasteiger partial charge in [0, 0.05) is 31.2 Å². The Morgan fingerprint density at radius 1 is 0.846 bits per heavy atom. The summed E-state index contributed by atoms with van der Waals surface area (Å²) in [7, 11) is 4.04. The molecule has 4 rings (SSSR count). The summed E-state index contributed by atoms with van der Waals surface area (Å²) < 4.78 is 0. The highest BCUT2D eigenvalue weighted by molar-refractivity contribution is 6.12. The minimum atomic E-state index is -0.254. The van der Waals surface area contributed by atoms with Crippen molar-refractivity contribution in [2.75, 3.05) is 29.2 Å². The van der Waals surface area contributed by atoms with E-state index in [2.05, 4.69) is 34.5 Å². The molecule has 1 N–H and O–H groups in total. The van der Waals surface area contributed by atoms with E-state index in [4.69, 9.17) is 0 Å². The Bertz CT molecular complexity index is 920. The number of nitrogens with zero attached hydrogens (tertiary/aromatic N) is 2. The zero-order valence-corrected chi connectivity index (χ0v) is 14.9. The third-order valence-electron chi connectivity index (χ3n) is 4.69. The fourth-order valence-electron chi connectivity index (χ4n) is 3.30. The van der Waals surface area contributed by atoms with E-state index in [1.807, 2.05) is 73.6 Å². The Labute approximate surface area is 153 Å². The van der Waals surface area contributed by atoms with Gasteiger partial charge in [-0.05, 0) is 42.0 Å². The lowest BCUT2D eigenvalue weighted by Crippen LogP contribution is -2.43. The van der Waals surface area contributed by atoms with Crippen molar-refractivity contribution in [3.8, 4) is 0 Å². The quantitative estimate of drug-likeness (QED) is 0.759. The molecule has 0 fully saturated rings. The van der Waals surface area contributed by atoms with Crippen molar-refractivity contribution in [1.29, 1.82) is 0 Å². The van der Waals surface area contributed by atoms with Gasteiger partial charge in [0.25, 0.3) is 5.91 Å². The Morgan fingerprint density at radius 2 is 1.50 bits per heavy atom. The second-order valence-electron chi connectivity index (χ2n) is 6.59. The maximum atomic E-state index is 13.3. The first-order chi connectivity index (χ1) is 12.6. The van der Waals surface area contributed by atoms with E-state index in [0.717, 1.165) is 22.6 Å². The zero-order chi connectivity index (χ0) is 18.1. The molecule has 3 aromatic rings. The Kier molecular flexibility index (Phi) is 4.09. The SMILES string of the molecule is CN(C)c1ccc([C@H]2Nc3ccccc3C(=O)N2c2ccccc2)cc1. The summed E-state index contributed by atoms with van der Waals surface area (Å²) in [5.74, 6) is 0.00670. The van der Waals surface area contributed by atoms with Crippen molar-refractivity contribution in [2.24, 2.45) is 0 Å². The number of carbonyl (C=O) groups excluding carboxylic acids is 1. The van der Waals surface area contributed by atoms with Gasteiger partial charge in [-0.2, -0.15) is 0 Å². The standard InChI is InChI=1S/C22H21N3O/c1-24(2)17-14-12-16(13-15-17)21-23-20-11-7-6-10-19(20)22(26)25(21)18-8-4-3-5-9-18/h3-15,21,23H,1-2H3/t21-/m0/s1. The summed E-state index contributed by atoms with van der Waals surface area (Å²) in [5, 5.41) is 3.53. The molecule has 1 aliphatic rings. The summed E-state index contributed by atoms with van der Waals surface area (Å²) in [6.07, 6.45) is -0.254. The summed E-state index contributed by atoms with van der Waals surface area (Å²) in [6.45, 7) is 0. The van der Waals surface area contributed by atoms with Crippen LogP contribution in [0.4, 0.5) is 17.1 Å². The fourth-order valence-corrected chi connectivity index (χ4v) is 3.30. The Hall–Kier alpha value is -3.27. The van der Waals surface area contributed by atoms with Crippen LogP contribution in [0.3, 0.4) is 0 Å². The highest BCUT2D eigenvalue weighted by atomic mass is 16.2. The van der Waals surface area contributed by atoms with Crippen molar-refractivity contribution in [3.63, 3.8) is 0 Å². The topological polar surface area (TPSA) is 35.6 Å². The fraction of sp³-hybridized carbons (Fsp3) is 0.136. The van der Waals surface area contributed by atoms with Gasteiger partial charge in [0.1, 0.15) is 6.17 Å². The zero-order valence-electron chi connectivity index (χ0n) is 14.9. The van der Waals surface area contributed by atoms with Gasteiger partial charge in [-0.3, -0.25) is 9.69 Å². The van der Waals surface area contributed by atoms with Gasteiger partial charge in [0.2, 0.25) is 0 Å². The molecule has 1 aliphatic heterocycles. The van der Waals surface area contributed by atoms with E-state index >= 15 is 0 Å². The van der Waals surface area contributed by atoms with Crippen LogP contribution in [0.15, 0.2) is 78.9 Å². The molecule has 0 radical (unpaired) electrons. The van der Waals surface area contributed by atoms with E-state index in [9.17, 15) is 4.79 Å². The molecule has 0 saturated heterocycles. The minimum absolute atomic E-state index is 0.00670. The Balaban J connectivity index is 1.81. The molecule has 0 unspecified atom stereocenters. The highest BCUT2D eigenvalue weighted by Crippen LogP contribution is 2.36. The second-order valence-corrected chi connectivity index (χ2v) is 6.59. The van der Waals surface area contributed by atoms with E-state index in [-0.39, 0.29) is 12.1 Å². The van der Waals surface area contributed by atoms with Crippen LogP contribution in [-0.4, -0.2) is 20.0 Å². The molecule has 130 valence electrons. The number of carbonyl (C=O) groups is 1. The molecule has 0 aliphatic carbocycles. The van der Waals surface area contributed by atoms with Crippen LogP contribution < -0.4 is 15.1 Å². The molecule has 0 aromatic heterocycles. The van der Waals surface area contributed by atoms with Crippen LogP contribution in [0.5, 0.6) is 0 Å². The van der Waals surface area contributed by atoms with E-state index in [1.54, 1.807) is 0 Å². The summed E-state index contributed by atoms with van der Waals surface area (Å²) in [4.78, 5) is 17.1. The minimum Gasteiger partial charge on any atom is -0.378 e. The lowest BCUT2D eigenvalue weighted by atomic mass is 10.0. The second kappa shape index (κ2) is 6.56. The predicted octanol–water partition coefficient (Wildman–Crippen LogP) is 4.52. The Morgan fingerprint density at radius 3 is 2.19 bits per heavy atom. The third-order valence-corrected chi connectivity index (χ3v) is 4.69. The van der Waals surface area contributed by atoms with Crippen molar-refractivity contribution in [3.05, 3.63) is 90.0 Å². The molecule has 0 saturated carbocycles. The van der Waals surface area contributed by atoms with Crippen molar-refractivity contribution in [1.82, 2.24) is 0 Å². The van der Waals surface area contributed by atoms with E-state index in [1.165, 1.54) is 0 Å². The first-order valence-electron chi connectivity index (χ1n) is 8.66. The molecule has 3 aromatic carbocycles. The molecule has 26 heavy (non-hydrogen) atoms. The lowest BCUT2D eigenvalue weighted by Gasteiger charge is -2.38. The smallest absolute Gasteiger partial charge is 0.262 e. The predicted molar refractivity (Wildman–Crippen MR) is 107 cm³/mol. The van der Waals surface area contributed by atoms with Crippen LogP contribution in [0, 0.1) is 0 Å². The van der Waals surface area contributed by atoms with Crippen LogP contribution in [0.1, 0.15) is 22.1 Å².